The summed E-state index contributed by atoms with van der Waals surface area (Å²) in [6, 6.07) is 8.15. The molecular formula is C16H21NO4S. The van der Waals surface area contributed by atoms with E-state index in [1.165, 1.54) is 4.90 Å². The molecule has 5 nitrogen and oxygen atoms in total. The Labute approximate surface area is 134 Å². The molecule has 0 spiro atoms. The summed E-state index contributed by atoms with van der Waals surface area (Å²) in [6.45, 7) is 2.01. The Balaban J connectivity index is 2.24. The molecule has 1 saturated heterocycles. The van der Waals surface area contributed by atoms with Gasteiger partial charge in [-0.3, -0.25) is 4.79 Å². The number of aliphatic hydroxyl groups excluding tert-OH is 1. The lowest BCUT2D eigenvalue weighted by atomic mass is 9.88. The molecule has 0 bridgehead atoms. The normalized spacial score (nSPS) is 22.1. The van der Waals surface area contributed by atoms with Crippen molar-refractivity contribution in [2.45, 2.75) is 31.5 Å². The molecule has 0 aliphatic carbocycles. The molecule has 0 radical (unpaired) electrons. The van der Waals surface area contributed by atoms with E-state index in [-0.39, 0.29) is 6.61 Å². The van der Waals surface area contributed by atoms with Crippen LogP contribution in [-0.4, -0.2) is 52.6 Å². The number of nitrogens with zero attached hydrogens (tertiary/aromatic N) is 1. The monoisotopic (exact) mass is 323 g/mol. The molecule has 1 aromatic rings. The van der Waals surface area contributed by atoms with Crippen LogP contribution in [-0.2, 0) is 14.3 Å². The highest BCUT2D eigenvalue weighted by molar-refractivity contribution is 7.98. The topological polar surface area (TPSA) is 66.8 Å². The lowest BCUT2D eigenvalue weighted by Gasteiger charge is -2.48. The maximum absolute atomic E-state index is 12.2. The van der Waals surface area contributed by atoms with Crippen LogP contribution in [0.4, 0.5) is 0 Å². The molecule has 120 valence electrons. The average molecular weight is 323 g/mol. The molecule has 3 unspecified atom stereocenters. The molecule has 22 heavy (non-hydrogen) atoms. The van der Waals surface area contributed by atoms with Gasteiger partial charge in [0.15, 0.2) is 6.10 Å². The van der Waals surface area contributed by atoms with Gasteiger partial charge in [-0.05, 0) is 30.9 Å². The van der Waals surface area contributed by atoms with E-state index in [1.54, 1.807) is 18.7 Å². The SMILES string of the molecule is CCOC(=O)C(CCSC)N1C(=O)C(O)C1c1ccccc1. The number of β-lactam (4-membered cyclic amide) rings is 1. The van der Waals surface area contributed by atoms with Gasteiger partial charge in [0.1, 0.15) is 6.04 Å². The van der Waals surface area contributed by atoms with Crippen molar-refractivity contribution >= 4 is 23.6 Å². The number of rotatable bonds is 7. The third kappa shape index (κ3) is 3.28. The third-order valence-electron chi connectivity index (χ3n) is 3.74. The summed E-state index contributed by atoms with van der Waals surface area (Å²) in [6.07, 6.45) is 1.37. The lowest BCUT2D eigenvalue weighted by Crippen LogP contribution is -2.64. The first-order valence-electron chi connectivity index (χ1n) is 7.32. The molecule has 2 rings (SSSR count). The van der Waals surface area contributed by atoms with E-state index in [0.717, 1.165) is 11.3 Å². The highest BCUT2D eigenvalue weighted by Gasteiger charge is 2.52. The molecule has 1 heterocycles. The van der Waals surface area contributed by atoms with Gasteiger partial charge < -0.3 is 14.7 Å². The Morgan fingerprint density at radius 3 is 2.68 bits per heavy atom. The first-order valence-corrected chi connectivity index (χ1v) is 8.72. The fourth-order valence-electron chi connectivity index (χ4n) is 2.67. The second kappa shape index (κ2) is 7.65. The smallest absolute Gasteiger partial charge is 0.328 e. The number of hydrogen-bond acceptors (Lipinski definition) is 5. The van der Waals surface area contributed by atoms with Gasteiger partial charge >= 0.3 is 5.97 Å². The number of carbonyl (C=O) groups excluding carboxylic acids is 2. The number of thioether (sulfide) groups is 1. The molecule has 1 amide bonds. The summed E-state index contributed by atoms with van der Waals surface area (Å²) in [5.41, 5.74) is 0.827. The lowest BCUT2D eigenvalue weighted by molar-refractivity contribution is -0.181. The zero-order chi connectivity index (χ0) is 16.1. The van der Waals surface area contributed by atoms with Crippen molar-refractivity contribution in [1.29, 1.82) is 0 Å². The fraction of sp³-hybridized carbons (Fsp3) is 0.500. The fourth-order valence-corrected chi connectivity index (χ4v) is 3.13. The van der Waals surface area contributed by atoms with Crippen molar-refractivity contribution in [2.24, 2.45) is 0 Å². The summed E-state index contributed by atoms with van der Waals surface area (Å²) in [4.78, 5) is 25.8. The number of amides is 1. The summed E-state index contributed by atoms with van der Waals surface area (Å²) in [7, 11) is 0. The van der Waals surface area contributed by atoms with Gasteiger partial charge in [-0.25, -0.2) is 4.79 Å². The zero-order valence-electron chi connectivity index (χ0n) is 12.8. The van der Waals surface area contributed by atoms with Gasteiger partial charge in [0.2, 0.25) is 0 Å². The number of aliphatic hydroxyl groups is 1. The van der Waals surface area contributed by atoms with Crippen LogP contribution in [0.2, 0.25) is 0 Å². The Morgan fingerprint density at radius 1 is 1.41 bits per heavy atom. The van der Waals surface area contributed by atoms with Crippen molar-refractivity contribution in [3.05, 3.63) is 35.9 Å². The van der Waals surface area contributed by atoms with Crippen LogP contribution >= 0.6 is 11.8 Å². The summed E-state index contributed by atoms with van der Waals surface area (Å²) in [5.74, 6) is -0.0732. The number of benzene rings is 1. The van der Waals surface area contributed by atoms with E-state index < -0.39 is 30.1 Å². The Hall–Kier alpha value is -1.53. The molecule has 3 atom stereocenters. The second-order valence-electron chi connectivity index (χ2n) is 5.10. The number of esters is 1. The molecule has 1 N–H and O–H groups in total. The highest BCUT2D eigenvalue weighted by atomic mass is 32.2. The summed E-state index contributed by atoms with van der Waals surface area (Å²) < 4.78 is 5.10. The number of carbonyl (C=O) groups is 2. The molecule has 0 aromatic heterocycles. The van der Waals surface area contributed by atoms with E-state index >= 15 is 0 Å². The first kappa shape index (κ1) is 16.8. The predicted octanol–water partition coefficient (Wildman–Crippen LogP) is 1.62. The Bertz CT molecular complexity index is 522. The molecular weight excluding hydrogens is 302 g/mol. The van der Waals surface area contributed by atoms with E-state index in [2.05, 4.69) is 0 Å². The van der Waals surface area contributed by atoms with Crippen LogP contribution in [0.3, 0.4) is 0 Å². The van der Waals surface area contributed by atoms with Crippen LogP contribution in [0.1, 0.15) is 24.9 Å². The molecule has 1 aliphatic heterocycles. The third-order valence-corrected chi connectivity index (χ3v) is 4.38. The molecule has 0 saturated carbocycles. The quantitative estimate of drug-likeness (QED) is 0.610. The first-order chi connectivity index (χ1) is 10.6. The molecule has 1 aromatic carbocycles. The van der Waals surface area contributed by atoms with Gasteiger partial charge in [-0.15, -0.1) is 0 Å². The van der Waals surface area contributed by atoms with E-state index in [0.29, 0.717) is 6.42 Å². The second-order valence-corrected chi connectivity index (χ2v) is 6.08. The van der Waals surface area contributed by atoms with Crippen LogP contribution in [0.5, 0.6) is 0 Å². The minimum atomic E-state index is -1.09. The highest BCUT2D eigenvalue weighted by Crippen LogP contribution is 2.37. The van der Waals surface area contributed by atoms with Crippen molar-refractivity contribution in [3.63, 3.8) is 0 Å². The van der Waals surface area contributed by atoms with E-state index in [1.807, 2.05) is 36.6 Å². The Morgan fingerprint density at radius 2 is 2.09 bits per heavy atom. The van der Waals surface area contributed by atoms with E-state index in [4.69, 9.17) is 4.74 Å². The number of ether oxygens (including phenoxy) is 1. The van der Waals surface area contributed by atoms with Gasteiger partial charge in [-0.2, -0.15) is 11.8 Å². The van der Waals surface area contributed by atoms with Crippen LogP contribution in [0, 0.1) is 0 Å². The average Bonchev–Trinajstić information content (AvgIpc) is 2.54. The van der Waals surface area contributed by atoms with E-state index in [9.17, 15) is 14.7 Å². The minimum Gasteiger partial charge on any atom is -0.464 e. The van der Waals surface area contributed by atoms with Crippen molar-refractivity contribution in [2.75, 3.05) is 18.6 Å². The Kier molecular flexibility index (Phi) is 5.85. The van der Waals surface area contributed by atoms with Crippen LogP contribution in [0.25, 0.3) is 0 Å². The maximum atomic E-state index is 12.2. The van der Waals surface area contributed by atoms with Crippen molar-refractivity contribution in [3.8, 4) is 0 Å². The van der Waals surface area contributed by atoms with Gasteiger partial charge in [0.25, 0.3) is 5.91 Å². The number of likely N-dealkylation sites (tertiary alicyclic amines) is 1. The van der Waals surface area contributed by atoms with Gasteiger partial charge in [-0.1, -0.05) is 30.3 Å². The summed E-state index contributed by atoms with van der Waals surface area (Å²) >= 11 is 1.61. The van der Waals surface area contributed by atoms with Crippen molar-refractivity contribution < 1.29 is 19.4 Å². The maximum Gasteiger partial charge on any atom is 0.328 e. The standard InChI is InChI=1S/C16H21NO4S/c1-3-21-16(20)12(9-10-22-2)17-13(14(18)15(17)19)11-7-5-4-6-8-11/h4-8,12-14,18H,3,9-10H2,1-2H3. The number of hydrogen-bond donors (Lipinski definition) is 1. The summed E-state index contributed by atoms with van der Waals surface area (Å²) in [5, 5.41) is 10.0. The van der Waals surface area contributed by atoms with Crippen LogP contribution in [0.15, 0.2) is 30.3 Å². The largest absolute Gasteiger partial charge is 0.464 e. The predicted molar refractivity (Wildman–Crippen MR) is 85.5 cm³/mol. The molecule has 6 heteroatoms. The van der Waals surface area contributed by atoms with Gasteiger partial charge in [0, 0.05) is 0 Å². The van der Waals surface area contributed by atoms with Crippen LogP contribution < -0.4 is 0 Å². The zero-order valence-corrected chi connectivity index (χ0v) is 13.6. The molecule has 1 fully saturated rings. The van der Waals surface area contributed by atoms with Crippen molar-refractivity contribution in [1.82, 2.24) is 4.90 Å². The van der Waals surface area contributed by atoms with Gasteiger partial charge in [0.05, 0.1) is 12.6 Å². The molecule has 1 aliphatic rings. The minimum absolute atomic E-state index is 0.273.